The van der Waals surface area contributed by atoms with Crippen LogP contribution >= 0.6 is 0 Å². The van der Waals surface area contributed by atoms with E-state index < -0.39 is 10.0 Å². The van der Waals surface area contributed by atoms with Crippen LogP contribution in [0.25, 0.3) is 0 Å². The molecule has 0 unspecified atom stereocenters. The average molecular weight is 292 g/mol. The zero-order chi connectivity index (χ0) is 14.6. The van der Waals surface area contributed by atoms with Crippen molar-refractivity contribution in [2.45, 2.75) is 18.4 Å². The lowest BCUT2D eigenvalue weighted by atomic mass is 10.3. The van der Waals surface area contributed by atoms with E-state index in [4.69, 9.17) is 5.84 Å². The first-order valence-electron chi connectivity index (χ1n) is 6.00. The van der Waals surface area contributed by atoms with E-state index in [1.54, 1.807) is 18.2 Å². The number of sulfonamides is 1. The molecular formula is C13H16N4O2S. The van der Waals surface area contributed by atoms with Crippen molar-refractivity contribution in [2.24, 2.45) is 5.84 Å². The maximum Gasteiger partial charge on any atom is 0.240 e. The Balaban J connectivity index is 2.10. The number of nitrogens with zero attached hydrogens (tertiary/aromatic N) is 1. The molecule has 1 aromatic carbocycles. The van der Waals surface area contributed by atoms with Crippen molar-refractivity contribution in [2.75, 3.05) is 5.43 Å². The van der Waals surface area contributed by atoms with Crippen LogP contribution in [0.1, 0.15) is 11.4 Å². The summed E-state index contributed by atoms with van der Waals surface area (Å²) in [6, 6.07) is 11.6. The maximum atomic E-state index is 12.1. The Labute approximate surface area is 118 Å². The number of hydrogen-bond donors (Lipinski definition) is 3. The molecule has 1 heterocycles. The summed E-state index contributed by atoms with van der Waals surface area (Å²) in [7, 11) is -3.55. The Morgan fingerprint density at radius 3 is 2.45 bits per heavy atom. The highest BCUT2D eigenvalue weighted by molar-refractivity contribution is 7.89. The molecular weight excluding hydrogens is 276 g/mol. The van der Waals surface area contributed by atoms with Crippen LogP contribution in [0, 0.1) is 6.92 Å². The van der Waals surface area contributed by atoms with Crippen molar-refractivity contribution < 1.29 is 8.42 Å². The van der Waals surface area contributed by atoms with Crippen LogP contribution in [0.4, 0.5) is 5.69 Å². The lowest BCUT2D eigenvalue weighted by molar-refractivity contribution is 0.580. The number of nitrogen functional groups attached to an aromatic ring is 1. The minimum Gasteiger partial charge on any atom is -0.324 e. The van der Waals surface area contributed by atoms with Crippen molar-refractivity contribution >= 4 is 15.7 Å². The largest absolute Gasteiger partial charge is 0.324 e. The summed E-state index contributed by atoms with van der Waals surface area (Å²) in [5, 5.41) is 0. The van der Waals surface area contributed by atoms with Gasteiger partial charge in [0.15, 0.2) is 0 Å². The van der Waals surface area contributed by atoms with Gasteiger partial charge in [-0.15, -0.1) is 0 Å². The smallest absolute Gasteiger partial charge is 0.240 e. The normalized spacial score (nSPS) is 11.3. The van der Waals surface area contributed by atoms with E-state index in [0.717, 1.165) is 5.69 Å². The summed E-state index contributed by atoms with van der Waals surface area (Å²) in [5.74, 6) is 5.23. The number of pyridine rings is 1. The van der Waals surface area contributed by atoms with Gasteiger partial charge < -0.3 is 5.43 Å². The lowest BCUT2D eigenvalue weighted by Gasteiger charge is -2.07. The molecule has 106 valence electrons. The first-order chi connectivity index (χ1) is 9.51. The number of hydrogen-bond acceptors (Lipinski definition) is 5. The molecule has 4 N–H and O–H groups in total. The number of aryl methyl sites for hydroxylation is 1. The fourth-order valence-electron chi connectivity index (χ4n) is 1.68. The SMILES string of the molecule is Cc1cccc(CNS(=O)(=O)c2ccc(NN)cc2)n1. The first-order valence-corrected chi connectivity index (χ1v) is 7.48. The summed E-state index contributed by atoms with van der Waals surface area (Å²) >= 11 is 0. The van der Waals surface area contributed by atoms with Crippen molar-refractivity contribution in [3.8, 4) is 0 Å². The Bertz CT molecular complexity index is 684. The number of nitrogens with one attached hydrogen (secondary N) is 2. The van der Waals surface area contributed by atoms with Crippen LogP contribution in [0.5, 0.6) is 0 Å². The molecule has 0 bridgehead atoms. The average Bonchev–Trinajstić information content (AvgIpc) is 2.45. The van der Waals surface area contributed by atoms with Gasteiger partial charge in [0.25, 0.3) is 0 Å². The number of hydrazine groups is 1. The lowest BCUT2D eigenvalue weighted by Crippen LogP contribution is -2.23. The summed E-state index contributed by atoms with van der Waals surface area (Å²) < 4.78 is 26.7. The molecule has 0 aliphatic carbocycles. The molecule has 0 atom stereocenters. The number of aromatic nitrogens is 1. The van der Waals surface area contributed by atoms with E-state index in [1.165, 1.54) is 12.1 Å². The van der Waals surface area contributed by atoms with Crippen molar-refractivity contribution in [3.63, 3.8) is 0 Å². The Morgan fingerprint density at radius 1 is 1.15 bits per heavy atom. The van der Waals surface area contributed by atoms with Crippen LogP contribution in [-0.4, -0.2) is 13.4 Å². The molecule has 20 heavy (non-hydrogen) atoms. The summed E-state index contributed by atoms with van der Waals surface area (Å²) in [5.41, 5.74) is 4.61. The van der Waals surface area contributed by atoms with Gasteiger partial charge in [-0.05, 0) is 43.3 Å². The van der Waals surface area contributed by atoms with Crippen LogP contribution in [0.15, 0.2) is 47.4 Å². The fraction of sp³-hybridized carbons (Fsp3) is 0.154. The summed E-state index contributed by atoms with van der Waals surface area (Å²) in [6.45, 7) is 2.01. The van der Waals surface area contributed by atoms with Gasteiger partial charge in [-0.25, -0.2) is 13.1 Å². The molecule has 0 radical (unpaired) electrons. The van der Waals surface area contributed by atoms with Gasteiger partial charge in [-0.3, -0.25) is 10.8 Å². The van der Waals surface area contributed by atoms with Gasteiger partial charge in [-0.1, -0.05) is 6.07 Å². The Hall–Kier alpha value is -1.96. The van der Waals surface area contributed by atoms with E-state index >= 15 is 0 Å². The molecule has 0 saturated heterocycles. The van der Waals surface area contributed by atoms with Crippen LogP contribution in [0.3, 0.4) is 0 Å². The standard InChI is InChI=1S/C13H16N4O2S/c1-10-3-2-4-12(16-10)9-15-20(18,19)13-7-5-11(17-14)6-8-13/h2-8,15,17H,9,14H2,1H3. The van der Waals surface area contributed by atoms with E-state index in [1.807, 2.05) is 19.1 Å². The van der Waals surface area contributed by atoms with Gasteiger partial charge in [0.1, 0.15) is 0 Å². The van der Waals surface area contributed by atoms with Crippen LogP contribution in [-0.2, 0) is 16.6 Å². The molecule has 0 aliphatic heterocycles. The van der Waals surface area contributed by atoms with Crippen molar-refractivity contribution in [1.29, 1.82) is 0 Å². The maximum absolute atomic E-state index is 12.1. The third-order valence-corrected chi connectivity index (χ3v) is 4.14. The highest BCUT2D eigenvalue weighted by Crippen LogP contribution is 2.13. The van der Waals surface area contributed by atoms with Crippen molar-refractivity contribution in [3.05, 3.63) is 53.9 Å². The zero-order valence-electron chi connectivity index (χ0n) is 11.0. The molecule has 0 spiro atoms. The molecule has 2 rings (SSSR count). The monoisotopic (exact) mass is 292 g/mol. The second kappa shape index (κ2) is 6.00. The number of rotatable bonds is 5. The van der Waals surface area contributed by atoms with E-state index in [2.05, 4.69) is 15.1 Å². The molecule has 1 aromatic heterocycles. The first kappa shape index (κ1) is 14.4. The molecule has 6 nitrogen and oxygen atoms in total. The Kier molecular flexibility index (Phi) is 4.33. The third kappa shape index (κ3) is 3.53. The minimum absolute atomic E-state index is 0.154. The van der Waals surface area contributed by atoms with Crippen molar-refractivity contribution in [1.82, 2.24) is 9.71 Å². The Morgan fingerprint density at radius 2 is 1.85 bits per heavy atom. The number of anilines is 1. The predicted molar refractivity (Wildman–Crippen MR) is 77.3 cm³/mol. The number of nitrogens with two attached hydrogens (primary N) is 1. The highest BCUT2D eigenvalue weighted by atomic mass is 32.2. The molecule has 0 saturated carbocycles. The highest BCUT2D eigenvalue weighted by Gasteiger charge is 2.13. The van der Waals surface area contributed by atoms with E-state index in [0.29, 0.717) is 11.4 Å². The summed E-state index contributed by atoms with van der Waals surface area (Å²) in [4.78, 5) is 4.43. The molecule has 7 heteroatoms. The van der Waals surface area contributed by atoms with Gasteiger partial charge in [0.2, 0.25) is 10.0 Å². The van der Waals surface area contributed by atoms with E-state index in [9.17, 15) is 8.42 Å². The fourth-order valence-corrected chi connectivity index (χ4v) is 2.68. The van der Waals surface area contributed by atoms with Gasteiger partial charge in [-0.2, -0.15) is 0 Å². The number of benzene rings is 1. The predicted octanol–water partition coefficient (Wildman–Crippen LogP) is 1.15. The molecule has 2 aromatic rings. The summed E-state index contributed by atoms with van der Waals surface area (Å²) in [6.07, 6.45) is 0. The molecule has 0 amide bonds. The van der Waals surface area contributed by atoms with Gasteiger partial charge >= 0.3 is 0 Å². The van der Waals surface area contributed by atoms with Gasteiger partial charge in [0.05, 0.1) is 17.1 Å². The quantitative estimate of drug-likeness (QED) is 0.567. The second-order valence-corrected chi connectivity index (χ2v) is 6.03. The third-order valence-electron chi connectivity index (χ3n) is 2.72. The van der Waals surface area contributed by atoms with Crippen LogP contribution in [0.2, 0.25) is 0 Å². The van der Waals surface area contributed by atoms with Crippen LogP contribution < -0.4 is 16.0 Å². The second-order valence-electron chi connectivity index (χ2n) is 4.26. The minimum atomic E-state index is -3.55. The topological polar surface area (TPSA) is 97.1 Å². The van der Waals surface area contributed by atoms with E-state index in [-0.39, 0.29) is 11.4 Å². The molecule has 0 fully saturated rings. The zero-order valence-corrected chi connectivity index (χ0v) is 11.8. The van der Waals surface area contributed by atoms with Gasteiger partial charge in [0, 0.05) is 11.4 Å². The molecule has 0 aliphatic rings.